The van der Waals surface area contributed by atoms with Gasteiger partial charge in [-0.15, -0.1) is 0 Å². The van der Waals surface area contributed by atoms with Crippen molar-refractivity contribution in [1.82, 2.24) is 0 Å². The Morgan fingerprint density at radius 1 is 0.844 bits per heavy atom. The second kappa shape index (κ2) is 9.77. The molecule has 0 aliphatic heterocycles. The first-order chi connectivity index (χ1) is 15.5. The number of allylic oxidation sites excluding steroid dienone is 1. The van der Waals surface area contributed by atoms with Crippen LogP contribution in [0.15, 0.2) is 60.7 Å². The van der Waals surface area contributed by atoms with Crippen molar-refractivity contribution in [1.29, 1.82) is 0 Å². The van der Waals surface area contributed by atoms with E-state index in [4.69, 9.17) is 0 Å². The van der Waals surface area contributed by atoms with E-state index in [0.717, 1.165) is 42.4 Å². The zero-order chi connectivity index (χ0) is 22.7. The van der Waals surface area contributed by atoms with Gasteiger partial charge < -0.3 is 0 Å². The fraction of sp³-hybridized carbons (Fsp3) is 0.310. The highest BCUT2D eigenvalue weighted by atomic mass is 19.2. The van der Waals surface area contributed by atoms with E-state index in [-0.39, 0.29) is 16.9 Å². The first kappa shape index (κ1) is 22.4. The van der Waals surface area contributed by atoms with Gasteiger partial charge in [-0.05, 0) is 73.6 Å². The summed E-state index contributed by atoms with van der Waals surface area (Å²) in [6.45, 7) is 3.92. The second-order valence-corrected chi connectivity index (χ2v) is 8.87. The molecule has 0 aromatic heterocycles. The van der Waals surface area contributed by atoms with Gasteiger partial charge in [0.2, 0.25) is 0 Å². The van der Waals surface area contributed by atoms with Crippen molar-refractivity contribution in [2.45, 2.75) is 51.9 Å². The van der Waals surface area contributed by atoms with Gasteiger partial charge in [0, 0.05) is 11.1 Å². The van der Waals surface area contributed by atoms with Crippen molar-refractivity contribution in [3.05, 3.63) is 100 Å². The number of rotatable bonds is 5. The Balaban J connectivity index is 1.41. The number of aryl methyl sites for hydroxylation is 2. The molecule has 1 fully saturated rings. The molecule has 1 saturated carbocycles. The lowest BCUT2D eigenvalue weighted by Crippen LogP contribution is -2.12. The maximum Gasteiger partial charge on any atom is 0.167 e. The molecule has 32 heavy (non-hydrogen) atoms. The monoisotopic (exact) mass is 434 g/mol. The van der Waals surface area contributed by atoms with Gasteiger partial charge in [0.25, 0.3) is 0 Å². The Morgan fingerprint density at radius 2 is 1.56 bits per heavy atom. The summed E-state index contributed by atoms with van der Waals surface area (Å²) in [6.07, 6.45) is 8.28. The summed E-state index contributed by atoms with van der Waals surface area (Å²) in [6, 6.07) is 16.3. The Hall–Kier alpha value is -2.81. The molecule has 4 rings (SSSR count). The summed E-state index contributed by atoms with van der Waals surface area (Å²) in [7, 11) is 0. The van der Waals surface area contributed by atoms with Gasteiger partial charge in [-0.1, -0.05) is 73.2 Å². The van der Waals surface area contributed by atoms with Crippen molar-refractivity contribution in [2.24, 2.45) is 5.92 Å². The summed E-state index contributed by atoms with van der Waals surface area (Å²) >= 11 is 0. The van der Waals surface area contributed by atoms with Gasteiger partial charge >= 0.3 is 0 Å². The average Bonchev–Trinajstić information content (AvgIpc) is 2.81. The zero-order valence-corrected chi connectivity index (χ0v) is 18.7. The molecule has 3 aromatic carbocycles. The summed E-state index contributed by atoms with van der Waals surface area (Å²) in [5.74, 6) is -1.04. The number of benzene rings is 3. The van der Waals surface area contributed by atoms with Crippen LogP contribution in [0.3, 0.4) is 0 Å². The van der Waals surface area contributed by atoms with Crippen molar-refractivity contribution in [3.8, 4) is 11.1 Å². The Kier molecular flexibility index (Phi) is 6.83. The second-order valence-electron chi connectivity index (χ2n) is 8.87. The van der Waals surface area contributed by atoms with Crippen molar-refractivity contribution < 1.29 is 13.2 Å². The highest BCUT2D eigenvalue weighted by Gasteiger charge is 2.22. The van der Waals surface area contributed by atoms with E-state index in [1.807, 2.05) is 50.3 Å². The molecular formula is C29H29F3. The van der Waals surface area contributed by atoms with E-state index in [0.29, 0.717) is 23.8 Å². The summed E-state index contributed by atoms with van der Waals surface area (Å²) in [5.41, 5.74) is 4.13. The van der Waals surface area contributed by atoms with E-state index in [9.17, 15) is 13.2 Å². The van der Waals surface area contributed by atoms with Crippen LogP contribution < -0.4 is 0 Å². The SMILES string of the molecule is CCc1ccc(C2CCC(/C=C/c3ccc(-c4ccc(C)cc4)c(F)c3F)CC2)cc1F. The van der Waals surface area contributed by atoms with E-state index in [1.54, 1.807) is 24.3 Å². The fourth-order valence-corrected chi connectivity index (χ4v) is 4.64. The highest BCUT2D eigenvalue weighted by Crippen LogP contribution is 2.37. The number of halogens is 3. The van der Waals surface area contributed by atoms with E-state index in [1.165, 1.54) is 0 Å². The van der Waals surface area contributed by atoms with E-state index in [2.05, 4.69) is 6.07 Å². The van der Waals surface area contributed by atoms with Gasteiger partial charge in [-0.3, -0.25) is 0 Å². The molecule has 1 aliphatic carbocycles. The highest BCUT2D eigenvalue weighted by molar-refractivity contribution is 5.67. The lowest BCUT2D eigenvalue weighted by atomic mass is 9.78. The third kappa shape index (κ3) is 4.82. The molecule has 0 bridgehead atoms. The zero-order valence-electron chi connectivity index (χ0n) is 18.7. The molecule has 0 radical (unpaired) electrons. The van der Waals surface area contributed by atoms with Crippen molar-refractivity contribution in [2.75, 3.05) is 0 Å². The van der Waals surface area contributed by atoms with Gasteiger partial charge in [0.05, 0.1) is 0 Å². The maximum absolute atomic E-state index is 14.7. The van der Waals surface area contributed by atoms with Gasteiger partial charge in [0.15, 0.2) is 11.6 Å². The molecule has 0 unspecified atom stereocenters. The molecule has 0 atom stereocenters. The smallest absolute Gasteiger partial charge is 0.167 e. The molecule has 166 valence electrons. The molecule has 3 heteroatoms. The third-order valence-electron chi connectivity index (χ3n) is 6.72. The predicted octanol–water partition coefficient (Wildman–Crippen LogP) is 8.63. The van der Waals surface area contributed by atoms with Crippen molar-refractivity contribution >= 4 is 6.08 Å². The Labute approximate surface area is 188 Å². The molecule has 0 heterocycles. The first-order valence-corrected chi connectivity index (χ1v) is 11.5. The minimum Gasteiger partial charge on any atom is -0.207 e. The lowest BCUT2D eigenvalue weighted by Gasteiger charge is -2.27. The Morgan fingerprint density at radius 3 is 2.22 bits per heavy atom. The lowest BCUT2D eigenvalue weighted by molar-refractivity contribution is 0.376. The standard InChI is InChI=1S/C29H29F3/c1-3-21-14-15-25(18-27(21)30)22-11-6-20(7-12-22)8-13-24-16-17-26(29(32)28(24)31)23-9-4-19(2)5-10-23/h4-5,8-10,13-18,20,22H,3,6-7,11-12H2,1-2H3/b13-8+. The average molecular weight is 435 g/mol. The molecule has 1 aliphatic rings. The third-order valence-corrected chi connectivity index (χ3v) is 6.72. The van der Waals surface area contributed by atoms with Crippen LogP contribution in [0.2, 0.25) is 0 Å². The first-order valence-electron chi connectivity index (χ1n) is 11.5. The molecule has 0 N–H and O–H groups in total. The molecule has 0 spiro atoms. The maximum atomic E-state index is 14.7. The van der Waals surface area contributed by atoms with Gasteiger partial charge in [0.1, 0.15) is 5.82 Å². The van der Waals surface area contributed by atoms with Crippen LogP contribution in [0, 0.1) is 30.3 Å². The van der Waals surface area contributed by atoms with Crippen LogP contribution in [0.25, 0.3) is 17.2 Å². The molecule has 0 nitrogen and oxygen atoms in total. The van der Waals surface area contributed by atoms with Crippen LogP contribution in [0.1, 0.15) is 60.8 Å². The number of hydrogen-bond donors (Lipinski definition) is 0. The fourth-order valence-electron chi connectivity index (χ4n) is 4.64. The van der Waals surface area contributed by atoms with Gasteiger partial charge in [-0.2, -0.15) is 0 Å². The largest absolute Gasteiger partial charge is 0.207 e. The van der Waals surface area contributed by atoms with Crippen LogP contribution in [-0.4, -0.2) is 0 Å². The molecular weight excluding hydrogens is 405 g/mol. The normalized spacial score (nSPS) is 18.9. The summed E-state index contributed by atoms with van der Waals surface area (Å²) in [5, 5.41) is 0. The Bertz CT molecular complexity index is 1100. The predicted molar refractivity (Wildman–Crippen MR) is 126 cm³/mol. The number of hydrogen-bond acceptors (Lipinski definition) is 0. The molecule has 3 aromatic rings. The van der Waals surface area contributed by atoms with Crippen LogP contribution >= 0.6 is 0 Å². The summed E-state index contributed by atoms with van der Waals surface area (Å²) in [4.78, 5) is 0. The summed E-state index contributed by atoms with van der Waals surface area (Å²) < 4.78 is 43.5. The topological polar surface area (TPSA) is 0 Å². The van der Waals surface area contributed by atoms with Crippen LogP contribution in [0.4, 0.5) is 13.2 Å². The molecule has 0 amide bonds. The van der Waals surface area contributed by atoms with Crippen LogP contribution in [0.5, 0.6) is 0 Å². The van der Waals surface area contributed by atoms with E-state index < -0.39 is 11.6 Å². The minimum atomic E-state index is -0.808. The minimum absolute atomic E-state index is 0.112. The van der Waals surface area contributed by atoms with Crippen LogP contribution in [-0.2, 0) is 6.42 Å². The molecule has 0 saturated heterocycles. The quantitative estimate of drug-likeness (QED) is 0.377. The van der Waals surface area contributed by atoms with E-state index >= 15 is 0 Å². The van der Waals surface area contributed by atoms with Gasteiger partial charge in [-0.25, -0.2) is 13.2 Å². The van der Waals surface area contributed by atoms with Crippen molar-refractivity contribution in [3.63, 3.8) is 0 Å².